The van der Waals surface area contributed by atoms with E-state index in [1.807, 2.05) is 26.0 Å². The molecular weight excluding hydrogens is 419 g/mol. The average Bonchev–Trinajstić information content (AvgIpc) is 3.55. The lowest BCUT2D eigenvalue weighted by Crippen LogP contribution is -2.31. The highest BCUT2D eigenvalue weighted by Gasteiger charge is 2.34. The molecule has 1 fully saturated rings. The topological polar surface area (TPSA) is 46.6 Å². The summed E-state index contributed by atoms with van der Waals surface area (Å²) >= 11 is 0. The SMILES string of the molecule is CCOC(=O)Cc1cc(C)cc(-c2ccc(C(F)(F)F)cc2CN(CC)C(=O)C2CC2)c1. The van der Waals surface area contributed by atoms with Crippen molar-refractivity contribution >= 4 is 11.9 Å². The zero-order valence-corrected chi connectivity index (χ0v) is 18.6. The van der Waals surface area contributed by atoms with Crippen LogP contribution >= 0.6 is 0 Å². The molecule has 0 heterocycles. The Kier molecular flexibility index (Phi) is 7.26. The molecule has 0 aliphatic heterocycles. The summed E-state index contributed by atoms with van der Waals surface area (Å²) in [5.41, 5.74) is 2.63. The summed E-state index contributed by atoms with van der Waals surface area (Å²) in [4.78, 5) is 26.2. The Morgan fingerprint density at radius 1 is 1.09 bits per heavy atom. The van der Waals surface area contributed by atoms with Crippen molar-refractivity contribution in [2.45, 2.75) is 52.8 Å². The van der Waals surface area contributed by atoms with Crippen molar-refractivity contribution in [1.82, 2.24) is 4.90 Å². The number of carbonyl (C=O) groups excluding carboxylic acids is 2. The normalized spacial score (nSPS) is 13.7. The first-order valence-electron chi connectivity index (χ1n) is 10.9. The maximum absolute atomic E-state index is 13.4. The van der Waals surface area contributed by atoms with Crippen molar-refractivity contribution in [3.63, 3.8) is 0 Å². The monoisotopic (exact) mass is 447 g/mol. The van der Waals surface area contributed by atoms with Gasteiger partial charge in [0.2, 0.25) is 5.91 Å². The van der Waals surface area contributed by atoms with Gasteiger partial charge >= 0.3 is 12.1 Å². The lowest BCUT2D eigenvalue weighted by molar-refractivity contribution is -0.142. The summed E-state index contributed by atoms with van der Waals surface area (Å²) in [5, 5.41) is 0. The van der Waals surface area contributed by atoms with Gasteiger partial charge in [-0.3, -0.25) is 9.59 Å². The van der Waals surface area contributed by atoms with Gasteiger partial charge in [0.25, 0.3) is 0 Å². The van der Waals surface area contributed by atoms with Crippen LogP contribution in [0.25, 0.3) is 11.1 Å². The fourth-order valence-corrected chi connectivity index (χ4v) is 3.82. The van der Waals surface area contributed by atoms with Crippen LogP contribution in [0.3, 0.4) is 0 Å². The van der Waals surface area contributed by atoms with Crippen molar-refractivity contribution in [2.24, 2.45) is 5.92 Å². The van der Waals surface area contributed by atoms with Gasteiger partial charge in [-0.05, 0) is 68.0 Å². The highest BCUT2D eigenvalue weighted by molar-refractivity contribution is 5.81. The fourth-order valence-electron chi connectivity index (χ4n) is 3.82. The van der Waals surface area contributed by atoms with Gasteiger partial charge in [-0.2, -0.15) is 13.2 Å². The third kappa shape index (κ3) is 5.90. The van der Waals surface area contributed by atoms with Crippen molar-refractivity contribution in [2.75, 3.05) is 13.2 Å². The van der Waals surface area contributed by atoms with Crippen LogP contribution in [0.4, 0.5) is 13.2 Å². The predicted molar refractivity (Wildman–Crippen MR) is 116 cm³/mol. The molecule has 2 aromatic rings. The van der Waals surface area contributed by atoms with Crippen molar-refractivity contribution in [3.05, 3.63) is 58.7 Å². The second-order valence-electron chi connectivity index (χ2n) is 8.19. The van der Waals surface area contributed by atoms with E-state index in [9.17, 15) is 22.8 Å². The molecule has 1 aliphatic carbocycles. The number of alkyl halides is 3. The van der Waals surface area contributed by atoms with Crippen LogP contribution in [-0.4, -0.2) is 29.9 Å². The Hall–Kier alpha value is -2.83. The van der Waals surface area contributed by atoms with E-state index >= 15 is 0 Å². The lowest BCUT2D eigenvalue weighted by atomic mass is 9.93. The molecule has 0 spiro atoms. The van der Waals surface area contributed by atoms with Crippen LogP contribution in [-0.2, 0) is 33.5 Å². The van der Waals surface area contributed by atoms with E-state index in [0.717, 1.165) is 36.1 Å². The minimum absolute atomic E-state index is 0.0110. The molecule has 0 saturated heterocycles. The summed E-state index contributed by atoms with van der Waals surface area (Å²) in [6.45, 7) is 6.24. The van der Waals surface area contributed by atoms with Crippen LogP contribution in [0, 0.1) is 12.8 Å². The highest BCUT2D eigenvalue weighted by Crippen LogP contribution is 2.36. The lowest BCUT2D eigenvalue weighted by Gasteiger charge is -2.24. The van der Waals surface area contributed by atoms with Gasteiger partial charge < -0.3 is 9.64 Å². The Labute approximate surface area is 186 Å². The first-order valence-corrected chi connectivity index (χ1v) is 10.9. The second kappa shape index (κ2) is 9.76. The largest absolute Gasteiger partial charge is 0.466 e. The van der Waals surface area contributed by atoms with Crippen molar-refractivity contribution in [3.8, 4) is 11.1 Å². The van der Waals surface area contributed by atoms with Gasteiger partial charge in [0.1, 0.15) is 0 Å². The van der Waals surface area contributed by atoms with Crippen LogP contribution in [0.5, 0.6) is 0 Å². The third-order valence-electron chi connectivity index (χ3n) is 5.52. The number of aryl methyl sites for hydroxylation is 1. The first-order chi connectivity index (χ1) is 15.1. The molecule has 32 heavy (non-hydrogen) atoms. The molecular formula is C25H28F3NO3. The fraction of sp³-hybridized carbons (Fsp3) is 0.440. The number of rotatable bonds is 8. The first kappa shape index (κ1) is 23.8. The van der Waals surface area contributed by atoms with Crippen LogP contribution < -0.4 is 0 Å². The quantitative estimate of drug-likeness (QED) is 0.499. The van der Waals surface area contributed by atoms with Crippen LogP contribution in [0.1, 0.15) is 48.9 Å². The zero-order chi connectivity index (χ0) is 23.5. The molecule has 0 bridgehead atoms. The number of nitrogens with zero attached hydrogens (tertiary/aromatic N) is 1. The number of hydrogen-bond donors (Lipinski definition) is 0. The Bertz CT molecular complexity index is 996. The summed E-state index contributed by atoms with van der Waals surface area (Å²) in [6, 6.07) is 9.18. The summed E-state index contributed by atoms with van der Waals surface area (Å²) in [7, 11) is 0. The summed E-state index contributed by atoms with van der Waals surface area (Å²) < 4.78 is 45.3. The van der Waals surface area contributed by atoms with E-state index in [1.165, 1.54) is 6.07 Å². The molecule has 1 saturated carbocycles. The molecule has 3 rings (SSSR count). The number of esters is 1. The van der Waals surface area contributed by atoms with Crippen molar-refractivity contribution in [1.29, 1.82) is 0 Å². The molecule has 172 valence electrons. The molecule has 1 aliphatic rings. The summed E-state index contributed by atoms with van der Waals surface area (Å²) in [6.07, 6.45) is -2.73. The van der Waals surface area contributed by atoms with E-state index < -0.39 is 11.7 Å². The molecule has 7 heteroatoms. The van der Waals surface area contributed by atoms with Gasteiger partial charge in [0.15, 0.2) is 0 Å². The van der Waals surface area contributed by atoms with Gasteiger partial charge in [-0.15, -0.1) is 0 Å². The Morgan fingerprint density at radius 2 is 1.81 bits per heavy atom. The van der Waals surface area contributed by atoms with Crippen molar-refractivity contribution < 1.29 is 27.5 Å². The molecule has 1 amide bonds. The van der Waals surface area contributed by atoms with Crippen LogP contribution in [0.2, 0.25) is 0 Å². The van der Waals surface area contributed by atoms with E-state index in [0.29, 0.717) is 23.2 Å². The Balaban J connectivity index is 2.02. The number of benzene rings is 2. The molecule has 0 aromatic heterocycles. The average molecular weight is 447 g/mol. The molecule has 0 unspecified atom stereocenters. The smallest absolute Gasteiger partial charge is 0.416 e. The van der Waals surface area contributed by atoms with E-state index in [4.69, 9.17) is 4.74 Å². The predicted octanol–water partition coefficient (Wildman–Crippen LogP) is 5.54. The second-order valence-corrected chi connectivity index (χ2v) is 8.19. The maximum Gasteiger partial charge on any atom is 0.416 e. The number of ether oxygens (including phenoxy) is 1. The van der Waals surface area contributed by atoms with Gasteiger partial charge in [0.05, 0.1) is 18.6 Å². The standard InChI is InChI=1S/C25H28F3NO3/c1-4-29(24(31)18-6-7-18)15-20-14-21(25(26,27)28)8-9-22(20)19-11-16(3)10-17(12-19)13-23(30)32-5-2/h8-12,14,18H,4-7,13,15H2,1-3H3. The molecule has 4 nitrogen and oxygen atoms in total. The van der Waals surface area contributed by atoms with E-state index in [2.05, 4.69) is 0 Å². The minimum atomic E-state index is -4.48. The van der Waals surface area contributed by atoms with Crippen LogP contribution in [0.15, 0.2) is 36.4 Å². The molecule has 2 aromatic carbocycles. The third-order valence-corrected chi connectivity index (χ3v) is 5.52. The molecule has 0 radical (unpaired) electrons. The molecule has 0 N–H and O–H groups in total. The Morgan fingerprint density at radius 3 is 2.41 bits per heavy atom. The van der Waals surface area contributed by atoms with Gasteiger partial charge in [0, 0.05) is 19.0 Å². The maximum atomic E-state index is 13.4. The number of carbonyl (C=O) groups is 2. The van der Waals surface area contributed by atoms with E-state index in [-0.39, 0.29) is 37.4 Å². The van der Waals surface area contributed by atoms with Gasteiger partial charge in [-0.1, -0.05) is 29.8 Å². The summed E-state index contributed by atoms with van der Waals surface area (Å²) in [5.74, 6) is -0.383. The highest BCUT2D eigenvalue weighted by atomic mass is 19.4. The van der Waals surface area contributed by atoms with Gasteiger partial charge in [-0.25, -0.2) is 0 Å². The number of halogens is 3. The zero-order valence-electron chi connectivity index (χ0n) is 18.6. The molecule has 0 atom stereocenters. The number of hydrogen-bond acceptors (Lipinski definition) is 3. The van der Waals surface area contributed by atoms with E-state index in [1.54, 1.807) is 17.9 Å². The number of amides is 1. The minimum Gasteiger partial charge on any atom is -0.466 e.